The molecule has 0 saturated heterocycles. The van der Waals surface area contributed by atoms with Crippen LogP contribution in [0.2, 0.25) is 0 Å². The molecule has 51 heavy (non-hydrogen) atoms. The summed E-state index contributed by atoms with van der Waals surface area (Å²) >= 11 is 0. The third-order valence-electron chi connectivity index (χ3n) is 10.4. The summed E-state index contributed by atoms with van der Waals surface area (Å²) in [5, 5.41) is 0. The summed E-state index contributed by atoms with van der Waals surface area (Å²) in [6.45, 7) is 27.0. The van der Waals surface area contributed by atoms with Gasteiger partial charge in [-0.15, -0.1) is 0 Å². The van der Waals surface area contributed by atoms with E-state index in [1.807, 2.05) is 0 Å². The maximum atomic E-state index is 6.78. The molecule has 4 heteroatoms. The van der Waals surface area contributed by atoms with Gasteiger partial charge in [-0.25, -0.2) is 9.98 Å². The fourth-order valence-corrected chi connectivity index (χ4v) is 6.94. The number of hydrogen-bond acceptors (Lipinski definition) is 4. The van der Waals surface area contributed by atoms with Crippen LogP contribution in [0.4, 0.5) is 0 Å². The van der Waals surface area contributed by atoms with Crippen molar-refractivity contribution in [1.82, 2.24) is 0 Å². The molecule has 0 N–H and O–H groups in total. The van der Waals surface area contributed by atoms with Gasteiger partial charge in [-0.3, -0.25) is 0 Å². The lowest BCUT2D eigenvalue weighted by Gasteiger charge is -2.23. The van der Waals surface area contributed by atoms with Crippen LogP contribution >= 0.6 is 0 Å². The summed E-state index contributed by atoms with van der Waals surface area (Å²) in [6, 6.07) is 35.2. The highest BCUT2D eigenvalue weighted by atomic mass is 16.5. The first-order chi connectivity index (χ1) is 23.8. The van der Waals surface area contributed by atoms with E-state index in [0.717, 1.165) is 22.3 Å². The number of nitrogens with zero attached hydrogens (tertiary/aromatic N) is 2. The van der Waals surface area contributed by atoms with E-state index in [1.165, 1.54) is 22.3 Å². The smallest absolute Gasteiger partial charge is 0.194 e. The van der Waals surface area contributed by atoms with E-state index in [9.17, 15) is 0 Å². The summed E-state index contributed by atoms with van der Waals surface area (Å²) in [6.07, 6.45) is -0.0729. The fraction of sp³-hybridized carbons (Fsp3) is 0.447. The van der Waals surface area contributed by atoms with E-state index in [2.05, 4.69) is 180 Å². The predicted molar refractivity (Wildman–Crippen MR) is 213 cm³/mol. The van der Waals surface area contributed by atoms with Gasteiger partial charge in [0, 0.05) is 0 Å². The third-order valence-corrected chi connectivity index (χ3v) is 10.4. The van der Waals surface area contributed by atoms with E-state index < -0.39 is 0 Å². The van der Waals surface area contributed by atoms with Crippen LogP contribution in [0.5, 0.6) is 0 Å². The van der Waals surface area contributed by atoms with Crippen LogP contribution in [0, 0.1) is 0 Å². The molecule has 4 aromatic rings. The van der Waals surface area contributed by atoms with Crippen molar-refractivity contribution in [2.75, 3.05) is 0 Å². The molecule has 0 fully saturated rings. The lowest BCUT2D eigenvalue weighted by Crippen LogP contribution is -2.15. The molecule has 2 heterocycles. The largest absolute Gasteiger partial charge is 0.470 e. The summed E-state index contributed by atoms with van der Waals surface area (Å²) in [5.74, 6) is 1.32. The maximum absolute atomic E-state index is 6.78. The summed E-state index contributed by atoms with van der Waals surface area (Å²) < 4.78 is 13.6. The van der Waals surface area contributed by atoms with Crippen LogP contribution in [-0.2, 0) is 31.1 Å². The van der Waals surface area contributed by atoms with E-state index in [4.69, 9.17) is 19.5 Å². The molecule has 0 saturated carbocycles. The number of aliphatic imine (C=N–C) groups is 2. The second kappa shape index (κ2) is 13.4. The van der Waals surface area contributed by atoms with Crippen molar-refractivity contribution in [2.24, 2.45) is 9.98 Å². The molecule has 0 unspecified atom stereocenters. The SMILES string of the molecule is CC(C)(C)c1ccc([C@H]2OC(CC3=N[C@@H](c4ccc(C(C)(C)C)cc4)[C@@H](c4ccc(C(C)(C)C)cc4)O3)=N[C@H]2c2ccc(C(C)(C)C)cc2)cc1. The predicted octanol–water partition coefficient (Wildman–Crippen LogP) is 12.4. The van der Waals surface area contributed by atoms with Gasteiger partial charge in [0.2, 0.25) is 0 Å². The highest BCUT2D eigenvalue weighted by Gasteiger charge is 2.38. The first kappa shape index (κ1) is 36.6. The van der Waals surface area contributed by atoms with Crippen molar-refractivity contribution in [2.45, 2.75) is 135 Å². The molecular formula is C47H58N2O2. The molecule has 4 atom stereocenters. The lowest BCUT2D eigenvalue weighted by atomic mass is 9.84. The molecule has 4 nitrogen and oxygen atoms in total. The van der Waals surface area contributed by atoms with Crippen LogP contribution in [0.1, 0.15) is 158 Å². The van der Waals surface area contributed by atoms with Gasteiger partial charge >= 0.3 is 0 Å². The van der Waals surface area contributed by atoms with E-state index in [-0.39, 0.29) is 46.0 Å². The van der Waals surface area contributed by atoms with E-state index in [0.29, 0.717) is 18.2 Å². The average molecular weight is 683 g/mol. The van der Waals surface area contributed by atoms with Gasteiger partial charge < -0.3 is 9.47 Å². The van der Waals surface area contributed by atoms with Crippen LogP contribution in [0.15, 0.2) is 107 Å². The highest BCUT2D eigenvalue weighted by Crippen LogP contribution is 2.45. The Hall–Kier alpha value is -4.18. The Morgan fingerprint density at radius 1 is 0.373 bits per heavy atom. The molecule has 0 spiro atoms. The molecule has 2 aliphatic heterocycles. The summed E-state index contributed by atoms with van der Waals surface area (Å²) in [7, 11) is 0. The first-order valence-electron chi connectivity index (χ1n) is 18.7. The molecule has 0 bridgehead atoms. The first-order valence-corrected chi connectivity index (χ1v) is 18.7. The molecule has 4 aromatic carbocycles. The van der Waals surface area contributed by atoms with Gasteiger partial charge in [0.25, 0.3) is 0 Å². The number of benzene rings is 4. The van der Waals surface area contributed by atoms with Crippen molar-refractivity contribution in [3.05, 3.63) is 142 Å². The monoisotopic (exact) mass is 682 g/mol. The number of ether oxygens (including phenoxy) is 2. The second-order valence-corrected chi connectivity index (χ2v) is 18.7. The maximum Gasteiger partial charge on any atom is 0.194 e. The topological polar surface area (TPSA) is 43.2 Å². The van der Waals surface area contributed by atoms with Gasteiger partial charge in [-0.2, -0.15) is 0 Å². The molecule has 0 radical (unpaired) electrons. The minimum Gasteiger partial charge on any atom is -0.470 e. The van der Waals surface area contributed by atoms with Crippen LogP contribution in [0.3, 0.4) is 0 Å². The zero-order valence-corrected chi connectivity index (χ0v) is 33.0. The molecule has 0 aliphatic carbocycles. The Labute approximate surface area is 307 Å². The van der Waals surface area contributed by atoms with E-state index in [1.54, 1.807) is 0 Å². The fourth-order valence-electron chi connectivity index (χ4n) is 6.94. The minimum atomic E-state index is -0.238. The zero-order valence-electron chi connectivity index (χ0n) is 33.0. The Kier molecular flexibility index (Phi) is 9.63. The highest BCUT2D eigenvalue weighted by molar-refractivity contribution is 5.98. The van der Waals surface area contributed by atoms with Gasteiger partial charge in [-0.1, -0.05) is 180 Å². The molecule has 0 amide bonds. The number of hydrogen-bond donors (Lipinski definition) is 0. The van der Waals surface area contributed by atoms with Crippen LogP contribution in [0.25, 0.3) is 0 Å². The Bertz CT molecular complexity index is 1730. The van der Waals surface area contributed by atoms with Crippen LogP contribution < -0.4 is 0 Å². The van der Waals surface area contributed by atoms with Gasteiger partial charge in [0.1, 0.15) is 12.1 Å². The average Bonchev–Trinajstić information content (AvgIpc) is 3.68. The van der Waals surface area contributed by atoms with Gasteiger partial charge in [0.15, 0.2) is 24.0 Å². The second-order valence-electron chi connectivity index (χ2n) is 18.7. The quantitative estimate of drug-likeness (QED) is 0.203. The van der Waals surface area contributed by atoms with Crippen LogP contribution in [-0.4, -0.2) is 11.8 Å². The van der Waals surface area contributed by atoms with Crippen molar-refractivity contribution < 1.29 is 9.47 Å². The Balaban J connectivity index is 1.32. The van der Waals surface area contributed by atoms with E-state index >= 15 is 0 Å². The summed E-state index contributed by atoms with van der Waals surface area (Å²) in [4.78, 5) is 10.5. The summed E-state index contributed by atoms with van der Waals surface area (Å²) in [5.41, 5.74) is 10.0. The van der Waals surface area contributed by atoms with Crippen molar-refractivity contribution in [3.63, 3.8) is 0 Å². The van der Waals surface area contributed by atoms with Gasteiger partial charge in [-0.05, 0) is 66.2 Å². The molecule has 268 valence electrons. The normalized spacial score (nSPS) is 21.2. The molecule has 2 aliphatic rings. The third kappa shape index (κ3) is 8.16. The van der Waals surface area contributed by atoms with Gasteiger partial charge in [0.05, 0.1) is 6.42 Å². The zero-order chi connectivity index (χ0) is 36.9. The lowest BCUT2D eigenvalue weighted by molar-refractivity contribution is 0.183. The minimum absolute atomic E-state index is 0.0735. The van der Waals surface area contributed by atoms with Crippen molar-refractivity contribution in [3.8, 4) is 0 Å². The van der Waals surface area contributed by atoms with Crippen molar-refractivity contribution >= 4 is 11.8 Å². The Morgan fingerprint density at radius 2 is 0.608 bits per heavy atom. The molecule has 6 rings (SSSR count). The molecular weight excluding hydrogens is 625 g/mol. The number of rotatable bonds is 6. The molecule has 0 aromatic heterocycles. The Morgan fingerprint density at radius 3 is 0.843 bits per heavy atom. The standard InChI is InChI=1S/C47H58N2O2/c1-44(2,3)34-21-13-30(14-22-34)40-42(32-17-25-36(26-18-32)46(7,8)9)50-38(48-40)29-39-49-41(31-15-23-35(24-16-31)45(4,5)6)43(51-39)33-19-27-37(28-20-33)47(10,11)12/h13-28,40-43H,29H2,1-12H3/t40-,41-,42+,43+/m0/s1. The van der Waals surface area contributed by atoms with Crippen molar-refractivity contribution in [1.29, 1.82) is 0 Å².